The largest absolute Gasteiger partial charge is 0.335 e. The third kappa shape index (κ3) is 4.83. The molecule has 0 N–H and O–H groups in total. The molecule has 23 heavy (non-hydrogen) atoms. The summed E-state index contributed by atoms with van der Waals surface area (Å²) >= 11 is 1.65. The molecule has 1 amide bonds. The molecule has 0 saturated heterocycles. The number of benzene rings is 2. The minimum Gasteiger partial charge on any atom is -0.335 e. The van der Waals surface area contributed by atoms with Crippen LogP contribution in [0.5, 0.6) is 0 Å². The van der Waals surface area contributed by atoms with E-state index in [0.29, 0.717) is 18.3 Å². The number of thioether (sulfide) groups is 1. The third-order valence-electron chi connectivity index (χ3n) is 3.91. The summed E-state index contributed by atoms with van der Waals surface area (Å²) in [6.45, 7) is 0.579. The SMILES string of the molecule is O=C(CSCc1ccccc1)N(Cc1ccc(F)cc1)C1CC1. The first-order chi connectivity index (χ1) is 11.2. The highest BCUT2D eigenvalue weighted by Gasteiger charge is 2.32. The van der Waals surface area contributed by atoms with Crippen LogP contribution in [-0.2, 0) is 17.1 Å². The van der Waals surface area contributed by atoms with Crippen LogP contribution in [0.4, 0.5) is 4.39 Å². The van der Waals surface area contributed by atoms with Crippen LogP contribution < -0.4 is 0 Å². The topological polar surface area (TPSA) is 20.3 Å². The zero-order valence-corrected chi connectivity index (χ0v) is 13.8. The Morgan fingerprint density at radius 2 is 1.74 bits per heavy atom. The summed E-state index contributed by atoms with van der Waals surface area (Å²) < 4.78 is 13.0. The fourth-order valence-corrected chi connectivity index (χ4v) is 3.38. The van der Waals surface area contributed by atoms with Crippen LogP contribution in [0.25, 0.3) is 0 Å². The van der Waals surface area contributed by atoms with Crippen molar-refractivity contribution >= 4 is 17.7 Å². The highest BCUT2D eigenvalue weighted by Crippen LogP contribution is 2.29. The maximum absolute atomic E-state index is 13.0. The lowest BCUT2D eigenvalue weighted by atomic mass is 10.2. The highest BCUT2D eigenvalue weighted by molar-refractivity contribution is 7.99. The molecule has 4 heteroatoms. The summed E-state index contributed by atoms with van der Waals surface area (Å²) in [7, 11) is 0. The van der Waals surface area contributed by atoms with Gasteiger partial charge in [0.05, 0.1) is 5.75 Å². The van der Waals surface area contributed by atoms with E-state index in [1.54, 1.807) is 23.9 Å². The molecule has 2 aromatic carbocycles. The Morgan fingerprint density at radius 3 is 2.39 bits per heavy atom. The molecule has 2 nitrogen and oxygen atoms in total. The lowest BCUT2D eigenvalue weighted by Crippen LogP contribution is -2.34. The minimum atomic E-state index is -0.239. The van der Waals surface area contributed by atoms with Gasteiger partial charge < -0.3 is 4.90 Å². The van der Waals surface area contributed by atoms with Gasteiger partial charge in [-0.15, -0.1) is 11.8 Å². The molecule has 1 aliphatic rings. The predicted molar refractivity (Wildman–Crippen MR) is 92.6 cm³/mol. The van der Waals surface area contributed by atoms with Crippen LogP contribution in [-0.4, -0.2) is 22.6 Å². The summed E-state index contributed by atoms with van der Waals surface area (Å²) in [5, 5.41) is 0. The van der Waals surface area contributed by atoms with E-state index in [1.165, 1.54) is 17.7 Å². The van der Waals surface area contributed by atoms with E-state index in [9.17, 15) is 9.18 Å². The second kappa shape index (κ2) is 7.64. The van der Waals surface area contributed by atoms with Crippen molar-refractivity contribution in [1.82, 2.24) is 4.90 Å². The van der Waals surface area contributed by atoms with Gasteiger partial charge >= 0.3 is 0 Å². The van der Waals surface area contributed by atoms with Gasteiger partial charge in [-0.1, -0.05) is 42.5 Å². The third-order valence-corrected chi connectivity index (χ3v) is 4.90. The maximum Gasteiger partial charge on any atom is 0.233 e. The van der Waals surface area contributed by atoms with Crippen molar-refractivity contribution in [1.29, 1.82) is 0 Å². The fourth-order valence-electron chi connectivity index (χ4n) is 2.51. The molecule has 0 aromatic heterocycles. The van der Waals surface area contributed by atoms with E-state index < -0.39 is 0 Å². The van der Waals surface area contributed by atoms with E-state index in [4.69, 9.17) is 0 Å². The molecule has 0 atom stereocenters. The van der Waals surface area contributed by atoms with Gasteiger partial charge in [-0.3, -0.25) is 4.79 Å². The summed E-state index contributed by atoms with van der Waals surface area (Å²) in [6, 6.07) is 17.0. The first kappa shape index (κ1) is 16.1. The first-order valence-corrected chi connectivity index (χ1v) is 9.03. The van der Waals surface area contributed by atoms with Crippen molar-refractivity contribution in [3.05, 3.63) is 71.5 Å². The Kier molecular flexibility index (Phi) is 5.34. The number of nitrogens with zero attached hydrogens (tertiary/aromatic N) is 1. The molecule has 0 heterocycles. The Morgan fingerprint density at radius 1 is 1.04 bits per heavy atom. The Balaban J connectivity index is 1.53. The quantitative estimate of drug-likeness (QED) is 0.757. The van der Waals surface area contributed by atoms with Gasteiger partial charge in [0, 0.05) is 18.3 Å². The summed E-state index contributed by atoms with van der Waals surface area (Å²) in [5.41, 5.74) is 2.22. The molecule has 0 spiro atoms. The monoisotopic (exact) mass is 329 g/mol. The molecule has 0 radical (unpaired) electrons. The van der Waals surface area contributed by atoms with Crippen LogP contribution >= 0.6 is 11.8 Å². The summed E-state index contributed by atoms with van der Waals surface area (Å²) in [5.74, 6) is 1.28. The van der Waals surface area contributed by atoms with Crippen molar-refractivity contribution in [3.63, 3.8) is 0 Å². The average Bonchev–Trinajstić information content (AvgIpc) is 3.40. The number of carbonyl (C=O) groups excluding carboxylic acids is 1. The maximum atomic E-state index is 13.0. The summed E-state index contributed by atoms with van der Waals surface area (Å²) in [4.78, 5) is 14.5. The van der Waals surface area contributed by atoms with E-state index in [2.05, 4.69) is 12.1 Å². The molecule has 1 aliphatic carbocycles. The standard InChI is InChI=1S/C19H20FNOS/c20-17-8-6-15(7-9-17)12-21(18-10-11-18)19(22)14-23-13-16-4-2-1-3-5-16/h1-9,18H,10-14H2. The van der Waals surface area contributed by atoms with E-state index >= 15 is 0 Å². The van der Waals surface area contributed by atoms with Crippen molar-refractivity contribution < 1.29 is 9.18 Å². The number of hydrogen-bond acceptors (Lipinski definition) is 2. The smallest absolute Gasteiger partial charge is 0.233 e. The van der Waals surface area contributed by atoms with E-state index in [-0.39, 0.29) is 11.7 Å². The molecule has 0 unspecified atom stereocenters. The van der Waals surface area contributed by atoms with Crippen LogP contribution in [0.3, 0.4) is 0 Å². The number of amides is 1. The average molecular weight is 329 g/mol. The van der Waals surface area contributed by atoms with Crippen LogP contribution in [0.2, 0.25) is 0 Å². The van der Waals surface area contributed by atoms with Gasteiger partial charge in [-0.25, -0.2) is 4.39 Å². The Hall–Kier alpha value is -1.81. The second-order valence-corrected chi connectivity index (χ2v) is 6.84. The van der Waals surface area contributed by atoms with Gasteiger partial charge in [0.25, 0.3) is 0 Å². The molecule has 1 fully saturated rings. The van der Waals surface area contributed by atoms with Crippen molar-refractivity contribution in [3.8, 4) is 0 Å². The zero-order valence-electron chi connectivity index (χ0n) is 13.0. The lowest BCUT2D eigenvalue weighted by molar-refractivity contribution is -0.129. The van der Waals surface area contributed by atoms with Crippen molar-refractivity contribution in [2.75, 3.05) is 5.75 Å². The van der Waals surface area contributed by atoms with Gasteiger partial charge in [0.1, 0.15) is 5.82 Å². The van der Waals surface area contributed by atoms with E-state index in [1.807, 2.05) is 23.1 Å². The fraction of sp³-hybridized carbons (Fsp3) is 0.316. The van der Waals surface area contributed by atoms with Crippen molar-refractivity contribution in [2.24, 2.45) is 0 Å². The van der Waals surface area contributed by atoms with E-state index in [0.717, 1.165) is 24.2 Å². The number of rotatable bonds is 7. The minimum absolute atomic E-state index is 0.178. The molecular weight excluding hydrogens is 309 g/mol. The van der Waals surface area contributed by atoms with Crippen LogP contribution in [0.1, 0.15) is 24.0 Å². The van der Waals surface area contributed by atoms with Crippen LogP contribution in [0, 0.1) is 5.82 Å². The zero-order chi connectivity index (χ0) is 16.1. The van der Waals surface area contributed by atoms with Gasteiger partial charge in [0.2, 0.25) is 5.91 Å². The molecule has 3 rings (SSSR count). The predicted octanol–water partition coefficient (Wildman–Crippen LogP) is 4.25. The second-order valence-electron chi connectivity index (χ2n) is 5.86. The lowest BCUT2D eigenvalue weighted by Gasteiger charge is -2.22. The molecule has 1 saturated carbocycles. The summed E-state index contributed by atoms with van der Waals surface area (Å²) in [6.07, 6.45) is 2.16. The van der Waals surface area contributed by atoms with Gasteiger partial charge in [-0.05, 0) is 36.1 Å². The Bertz CT molecular complexity index is 640. The molecular formula is C19H20FNOS. The molecule has 120 valence electrons. The number of carbonyl (C=O) groups is 1. The highest BCUT2D eigenvalue weighted by atomic mass is 32.2. The van der Waals surface area contributed by atoms with Crippen molar-refractivity contribution in [2.45, 2.75) is 31.2 Å². The normalized spacial score (nSPS) is 13.8. The van der Waals surface area contributed by atoms with Gasteiger partial charge in [0.15, 0.2) is 0 Å². The first-order valence-electron chi connectivity index (χ1n) is 7.88. The number of halogens is 1. The number of hydrogen-bond donors (Lipinski definition) is 0. The van der Waals surface area contributed by atoms with Gasteiger partial charge in [-0.2, -0.15) is 0 Å². The Labute approximate surface area is 140 Å². The molecule has 2 aromatic rings. The molecule has 0 aliphatic heterocycles. The van der Waals surface area contributed by atoms with Crippen LogP contribution in [0.15, 0.2) is 54.6 Å². The molecule has 0 bridgehead atoms.